The fourth-order valence-electron chi connectivity index (χ4n) is 2.63. The Balaban J connectivity index is 1.97. The Labute approximate surface area is 156 Å². The van der Waals surface area contributed by atoms with Crippen LogP contribution in [0, 0.1) is 13.8 Å². The maximum absolute atomic E-state index is 6.17. The van der Waals surface area contributed by atoms with Gasteiger partial charge in [-0.25, -0.2) is 0 Å². The SMILES string of the molecule is Cc1cc(C=Nc2ccc(Cl)cc2Cl)c(C)n1-c1ccc(Cl)cc1. The number of hydrogen-bond donors (Lipinski definition) is 0. The number of aryl methyl sites for hydroxylation is 1. The summed E-state index contributed by atoms with van der Waals surface area (Å²) < 4.78 is 2.17. The highest BCUT2D eigenvalue weighted by molar-refractivity contribution is 6.36. The summed E-state index contributed by atoms with van der Waals surface area (Å²) in [5.74, 6) is 0. The molecule has 0 spiro atoms. The highest BCUT2D eigenvalue weighted by Gasteiger charge is 2.09. The van der Waals surface area contributed by atoms with Crippen LogP contribution in [0.1, 0.15) is 17.0 Å². The van der Waals surface area contributed by atoms with Crippen LogP contribution in [0.4, 0.5) is 5.69 Å². The number of halogens is 3. The molecule has 24 heavy (non-hydrogen) atoms. The lowest BCUT2D eigenvalue weighted by atomic mass is 10.2. The van der Waals surface area contributed by atoms with Gasteiger partial charge < -0.3 is 4.57 Å². The van der Waals surface area contributed by atoms with Crippen LogP contribution < -0.4 is 0 Å². The molecule has 0 fully saturated rings. The van der Waals surface area contributed by atoms with Gasteiger partial charge in [0.1, 0.15) is 0 Å². The molecule has 1 aromatic heterocycles. The lowest BCUT2D eigenvalue weighted by Gasteiger charge is -2.09. The van der Waals surface area contributed by atoms with Crippen molar-refractivity contribution >= 4 is 46.7 Å². The summed E-state index contributed by atoms with van der Waals surface area (Å²) in [6, 6.07) is 15.1. The van der Waals surface area contributed by atoms with Gasteiger partial charge in [-0.05, 0) is 62.4 Å². The van der Waals surface area contributed by atoms with Crippen LogP contribution in [-0.2, 0) is 0 Å². The number of aromatic nitrogens is 1. The highest BCUT2D eigenvalue weighted by Crippen LogP contribution is 2.28. The number of nitrogens with zero attached hydrogens (tertiary/aromatic N) is 2. The van der Waals surface area contributed by atoms with Crippen LogP contribution in [0.3, 0.4) is 0 Å². The summed E-state index contributed by atoms with van der Waals surface area (Å²) in [5.41, 5.74) is 5.02. The summed E-state index contributed by atoms with van der Waals surface area (Å²) in [5, 5.41) is 1.85. The number of rotatable bonds is 3. The van der Waals surface area contributed by atoms with Crippen molar-refractivity contribution in [2.24, 2.45) is 4.99 Å². The van der Waals surface area contributed by atoms with E-state index in [2.05, 4.69) is 29.5 Å². The third kappa shape index (κ3) is 3.51. The lowest BCUT2D eigenvalue weighted by Crippen LogP contribution is -1.99. The second kappa shape index (κ2) is 7.02. The first-order valence-electron chi connectivity index (χ1n) is 7.39. The van der Waals surface area contributed by atoms with Gasteiger partial charge in [0.25, 0.3) is 0 Å². The first-order valence-corrected chi connectivity index (χ1v) is 8.53. The molecule has 0 saturated carbocycles. The van der Waals surface area contributed by atoms with E-state index in [1.807, 2.05) is 30.5 Å². The van der Waals surface area contributed by atoms with E-state index in [4.69, 9.17) is 34.8 Å². The molecule has 0 radical (unpaired) electrons. The average Bonchev–Trinajstić information content (AvgIpc) is 2.82. The van der Waals surface area contributed by atoms with Gasteiger partial charge in [-0.2, -0.15) is 0 Å². The van der Waals surface area contributed by atoms with Gasteiger partial charge in [-0.3, -0.25) is 4.99 Å². The quantitative estimate of drug-likeness (QED) is 0.446. The van der Waals surface area contributed by atoms with Crippen molar-refractivity contribution in [3.8, 4) is 5.69 Å². The lowest BCUT2D eigenvalue weighted by molar-refractivity contribution is 0.965. The van der Waals surface area contributed by atoms with Crippen molar-refractivity contribution in [1.29, 1.82) is 0 Å². The highest BCUT2D eigenvalue weighted by atomic mass is 35.5. The predicted molar refractivity (Wildman–Crippen MR) is 104 cm³/mol. The van der Waals surface area contributed by atoms with E-state index in [0.29, 0.717) is 15.7 Å². The standard InChI is InChI=1S/C19H15Cl3N2/c1-12-9-14(11-23-19-8-5-16(21)10-18(19)22)13(2)24(12)17-6-3-15(20)4-7-17/h3-11H,1-2H3. The third-order valence-corrected chi connectivity index (χ3v) is 4.60. The summed E-state index contributed by atoms with van der Waals surface area (Å²) in [6.45, 7) is 4.13. The molecule has 0 aliphatic carbocycles. The normalized spacial score (nSPS) is 11.4. The van der Waals surface area contributed by atoms with E-state index >= 15 is 0 Å². The van der Waals surface area contributed by atoms with E-state index in [0.717, 1.165) is 27.7 Å². The minimum atomic E-state index is 0.533. The predicted octanol–water partition coefficient (Wildman–Crippen LogP) is 6.80. The summed E-state index contributed by atoms with van der Waals surface area (Å²) in [7, 11) is 0. The molecule has 2 aromatic carbocycles. The molecule has 0 aliphatic heterocycles. The van der Waals surface area contributed by atoms with Crippen LogP contribution in [0.5, 0.6) is 0 Å². The maximum Gasteiger partial charge on any atom is 0.0817 e. The van der Waals surface area contributed by atoms with Crippen LogP contribution in [0.25, 0.3) is 5.69 Å². The van der Waals surface area contributed by atoms with Crippen LogP contribution in [0.2, 0.25) is 15.1 Å². The Bertz CT molecular complexity index is 909. The topological polar surface area (TPSA) is 17.3 Å². The van der Waals surface area contributed by atoms with Crippen molar-refractivity contribution in [3.63, 3.8) is 0 Å². The van der Waals surface area contributed by atoms with Crippen molar-refractivity contribution in [3.05, 3.63) is 80.6 Å². The van der Waals surface area contributed by atoms with Crippen LogP contribution >= 0.6 is 34.8 Å². The monoisotopic (exact) mass is 376 g/mol. The second-order valence-corrected chi connectivity index (χ2v) is 6.77. The van der Waals surface area contributed by atoms with Crippen molar-refractivity contribution in [2.45, 2.75) is 13.8 Å². The molecule has 0 bridgehead atoms. The first-order chi connectivity index (χ1) is 11.5. The molecular formula is C19H15Cl3N2. The molecule has 3 rings (SSSR count). The minimum Gasteiger partial charge on any atom is -0.318 e. The van der Waals surface area contributed by atoms with Gasteiger partial charge in [0.15, 0.2) is 0 Å². The Kier molecular flexibility index (Phi) is 5.00. The van der Waals surface area contributed by atoms with E-state index in [1.54, 1.807) is 18.2 Å². The summed E-state index contributed by atoms with van der Waals surface area (Å²) in [4.78, 5) is 4.49. The van der Waals surface area contributed by atoms with Crippen molar-refractivity contribution in [1.82, 2.24) is 4.57 Å². The van der Waals surface area contributed by atoms with Gasteiger partial charge in [0.05, 0.1) is 10.7 Å². The molecule has 0 aliphatic rings. The molecule has 0 atom stereocenters. The molecule has 0 N–H and O–H groups in total. The Morgan fingerprint density at radius 1 is 0.875 bits per heavy atom. The van der Waals surface area contributed by atoms with E-state index in [9.17, 15) is 0 Å². The second-order valence-electron chi connectivity index (χ2n) is 5.49. The van der Waals surface area contributed by atoms with Gasteiger partial charge in [-0.15, -0.1) is 0 Å². The number of hydrogen-bond acceptors (Lipinski definition) is 1. The average molecular weight is 378 g/mol. The fourth-order valence-corrected chi connectivity index (χ4v) is 3.21. The first kappa shape index (κ1) is 17.1. The van der Waals surface area contributed by atoms with Crippen molar-refractivity contribution in [2.75, 3.05) is 0 Å². The molecule has 1 heterocycles. The van der Waals surface area contributed by atoms with E-state index in [-0.39, 0.29) is 0 Å². The van der Waals surface area contributed by atoms with Gasteiger partial charge >= 0.3 is 0 Å². The molecule has 122 valence electrons. The molecule has 2 nitrogen and oxygen atoms in total. The molecule has 3 aromatic rings. The number of aliphatic imine (C=N–C) groups is 1. The minimum absolute atomic E-state index is 0.533. The van der Waals surface area contributed by atoms with Gasteiger partial charge in [0.2, 0.25) is 0 Å². The van der Waals surface area contributed by atoms with Gasteiger partial charge in [0, 0.05) is 38.9 Å². The zero-order chi connectivity index (χ0) is 17.3. The summed E-state index contributed by atoms with van der Waals surface area (Å²) in [6.07, 6.45) is 1.82. The largest absolute Gasteiger partial charge is 0.318 e. The zero-order valence-corrected chi connectivity index (χ0v) is 15.5. The molecule has 0 amide bonds. The van der Waals surface area contributed by atoms with Crippen LogP contribution in [0.15, 0.2) is 53.5 Å². The van der Waals surface area contributed by atoms with Crippen molar-refractivity contribution < 1.29 is 0 Å². The van der Waals surface area contributed by atoms with E-state index < -0.39 is 0 Å². The molecular weight excluding hydrogens is 363 g/mol. The Hall–Kier alpha value is -1.74. The van der Waals surface area contributed by atoms with Gasteiger partial charge in [-0.1, -0.05) is 34.8 Å². The Morgan fingerprint density at radius 3 is 2.21 bits per heavy atom. The van der Waals surface area contributed by atoms with Crippen LogP contribution in [-0.4, -0.2) is 10.8 Å². The third-order valence-electron chi connectivity index (χ3n) is 3.81. The summed E-state index contributed by atoms with van der Waals surface area (Å²) >= 11 is 18.1. The maximum atomic E-state index is 6.17. The molecule has 0 unspecified atom stereocenters. The zero-order valence-electron chi connectivity index (χ0n) is 13.2. The molecule has 5 heteroatoms. The Morgan fingerprint density at radius 2 is 1.54 bits per heavy atom. The smallest absolute Gasteiger partial charge is 0.0817 e. The molecule has 0 saturated heterocycles. The number of benzene rings is 2. The van der Waals surface area contributed by atoms with E-state index in [1.165, 1.54) is 0 Å². The fraction of sp³-hybridized carbons (Fsp3) is 0.105.